The maximum atomic E-state index is 12.3. The highest BCUT2D eigenvalue weighted by molar-refractivity contribution is 7.22. The second-order valence-corrected chi connectivity index (χ2v) is 7.88. The van der Waals surface area contributed by atoms with E-state index in [1.54, 1.807) is 11.3 Å². The van der Waals surface area contributed by atoms with Crippen LogP contribution in [0.1, 0.15) is 31.0 Å². The van der Waals surface area contributed by atoms with Crippen LogP contribution in [0.25, 0.3) is 15.2 Å². The van der Waals surface area contributed by atoms with E-state index in [4.69, 9.17) is 0 Å². The highest BCUT2D eigenvalue weighted by atomic mass is 32.1. The summed E-state index contributed by atoms with van der Waals surface area (Å²) in [6.07, 6.45) is 7.56. The number of imidazole rings is 1. The topological polar surface area (TPSA) is 59.3 Å². The molecular weight excluding hydrogens is 352 g/mol. The van der Waals surface area contributed by atoms with Crippen LogP contribution in [0.5, 0.6) is 0 Å². The van der Waals surface area contributed by atoms with Gasteiger partial charge in [-0.25, -0.2) is 9.97 Å². The van der Waals surface area contributed by atoms with Crippen molar-refractivity contribution in [2.45, 2.75) is 32.6 Å². The number of hydrogen-bond donors (Lipinski definition) is 1. The lowest BCUT2D eigenvalue weighted by molar-refractivity contribution is -0.115. The summed E-state index contributed by atoms with van der Waals surface area (Å²) in [4.78, 5) is 22.1. The quantitative estimate of drug-likeness (QED) is 0.542. The Hall–Kier alpha value is -2.25. The maximum absolute atomic E-state index is 12.3. The second-order valence-electron chi connectivity index (χ2n) is 5.97. The Labute approximate surface area is 153 Å². The summed E-state index contributed by atoms with van der Waals surface area (Å²) in [6, 6.07) is 6.35. The van der Waals surface area contributed by atoms with Gasteiger partial charge in [-0.2, -0.15) is 0 Å². The fourth-order valence-electron chi connectivity index (χ4n) is 2.75. The van der Waals surface area contributed by atoms with Gasteiger partial charge in [-0.15, -0.1) is 11.3 Å². The van der Waals surface area contributed by atoms with Gasteiger partial charge < -0.3 is 5.32 Å². The Balaban J connectivity index is 1.45. The molecule has 0 radical (unpaired) electrons. The van der Waals surface area contributed by atoms with E-state index in [0.29, 0.717) is 5.13 Å². The Kier molecular flexibility index (Phi) is 4.50. The maximum Gasteiger partial charge on any atom is 0.232 e. The van der Waals surface area contributed by atoms with E-state index in [1.165, 1.54) is 29.7 Å². The Morgan fingerprint density at radius 3 is 3.08 bits per heavy atom. The molecule has 0 aliphatic heterocycles. The summed E-state index contributed by atoms with van der Waals surface area (Å²) in [5.74, 6) is -0.0870. The zero-order chi connectivity index (χ0) is 17.2. The number of thiazole rings is 2. The van der Waals surface area contributed by atoms with Crippen LogP contribution in [-0.2, 0) is 17.6 Å². The van der Waals surface area contributed by atoms with Gasteiger partial charge in [-0.1, -0.05) is 30.7 Å². The number of nitrogens with one attached hydrogen (secondary N) is 1. The molecule has 0 saturated heterocycles. The Morgan fingerprint density at radius 1 is 1.32 bits per heavy atom. The number of rotatable bonds is 6. The molecule has 1 amide bonds. The first kappa shape index (κ1) is 16.2. The van der Waals surface area contributed by atoms with E-state index in [0.717, 1.165) is 27.3 Å². The number of unbranched alkanes of at least 4 members (excludes halogenated alkanes) is 1. The van der Waals surface area contributed by atoms with Crippen LogP contribution in [-0.4, -0.2) is 20.3 Å². The summed E-state index contributed by atoms with van der Waals surface area (Å²) >= 11 is 3.08. The van der Waals surface area contributed by atoms with Crippen LogP contribution >= 0.6 is 22.7 Å². The van der Waals surface area contributed by atoms with Crippen LogP contribution in [0.2, 0.25) is 0 Å². The van der Waals surface area contributed by atoms with Crippen LogP contribution in [0.3, 0.4) is 0 Å². The number of aromatic nitrogens is 3. The van der Waals surface area contributed by atoms with Crippen molar-refractivity contribution in [3.63, 3.8) is 0 Å². The summed E-state index contributed by atoms with van der Waals surface area (Å²) in [7, 11) is 0. The first-order chi connectivity index (χ1) is 12.2. The average Bonchev–Trinajstić information content (AvgIpc) is 3.26. The van der Waals surface area contributed by atoms with Gasteiger partial charge >= 0.3 is 0 Å². The lowest BCUT2D eigenvalue weighted by Crippen LogP contribution is -2.14. The SMILES string of the molecule is CCCCc1ccc2nc(NC(=O)Cc3cn4ccsc4n3)sc2c1. The van der Waals surface area contributed by atoms with Crippen molar-refractivity contribution >= 4 is 48.9 Å². The highest BCUT2D eigenvalue weighted by Crippen LogP contribution is 2.27. The molecule has 4 aromatic rings. The number of hydrogen-bond acceptors (Lipinski definition) is 5. The zero-order valence-corrected chi connectivity index (χ0v) is 15.5. The van der Waals surface area contributed by atoms with Gasteiger partial charge in [0.15, 0.2) is 10.1 Å². The third-order valence-corrected chi connectivity index (χ3v) is 5.71. The van der Waals surface area contributed by atoms with Crippen molar-refractivity contribution in [3.05, 3.63) is 47.2 Å². The van der Waals surface area contributed by atoms with E-state index < -0.39 is 0 Å². The van der Waals surface area contributed by atoms with Gasteiger partial charge in [-0.3, -0.25) is 9.20 Å². The number of anilines is 1. The average molecular weight is 371 g/mol. The van der Waals surface area contributed by atoms with Crippen molar-refractivity contribution in [1.82, 2.24) is 14.4 Å². The molecule has 0 saturated carbocycles. The smallest absolute Gasteiger partial charge is 0.232 e. The minimum Gasteiger partial charge on any atom is -0.302 e. The summed E-state index contributed by atoms with van der Waals surface area (Å²) in [6.45, 7) is 2.20. The minimum absolute atomic E-state index is 0.0870. The molecule has 1 N–H and O–H groups in total. The van der Waals surface area contributed by atoms with Crippen molar-refractivity contribution in [2.75, 3.05) is 5.32 Å². The van der Waals surface area contributed by atoms with Crippen molar-refractivity contribution in [2.24, 2.45) is 0 Å². The third kappa shape index (κ3) is 3.57. The van der Waals surface area contributed by atoms with E-state index >= 15 is 0 Å². The largest absolute Gasteiger partial charge is 0.302 e. The molecule has 5 nitrogen and oxygen atoms in total. The fourth-order valence-corrected chi connectivity index (χ4v) is 4.41. The molecule has 128 valence electrons. The molecule has 25 heavy (non-hydrogen) atoms. The van der Waals surface area contributed by atoms with E-state index in [-0.39, 0.29) is 12.3 Å². The fraction of sp³-hybridized carbons (Fsp3) is 0.278. The summed E-state index contributed by atoms with van der Waals surface area (Å²) in [5.41, 5.74) is 3.03. The van der Waals surface area contributed by atoms with E-state index in [9.17, 15) is 4.79 Å². The number of fused-ring (bicyclic) bond motifs is 2. The van der Waals surface area contributed by atoms with Crippen molar-refractivity contribution in [3.8, 4) is 0 Å². The monoisotopic (exact) mass is 370 g/mol. The Morgan fingerprint density at radius 2 is 2.24 bits per heavy atom. The van der Waals surface area contributed by atoms with E-state index in [1.807, 2.05) is 28.2 Å². The molecule has 0 bridgehead atoms. The molecule has 7 heteroatoms. The van der Waals surface area contributed by atoms with Gasteiger partial charge in [0.25, 0.3) is 0 Å². The number of carbonyl (C=O) groups is 1. The van der Waals surface area contributed by atoms with Crippen molar-refractivity contribution < 1.29 is 4.79 Å². The van der Waals surface area contributed by atoms with Crippen molar-refractivity contribution in [1.29, 1.82) is 0 Å². The number of carbonyl (C=O) groups excluding carboxylic acids is 1. The molecule has 0 fully saturated rings. The molecule has 1 aromatic carbocycles. The third-order valence-electron chi connectivity index (χ3n) is 4.00. The number of benzene rings is 1. The lowest BCUT2D eigenvalue weighted by Gasteiger charge is -1.98. The summed E-state index contributed by atoms with van der Waals surface area (Å²) in [5, 5.41) is 5.52. The standard InChI is InChI=1S/C18H18N4OS2/c1-2-3-4-12-5-6-14-15(9-12)25-17(20-14)21-16(23)10-13-11-22-7-8-24-18(22)19-13/h5-9,11H,2-4,10H2,1H3,(H,20,21,23). The van der Waals surface area contributed by atoms with Crippen LogP contribution in [0, 0.1) is 0 Å². The number of aryl methyl sites for hydroxylation is 1. The number of nitrogens with zero attached hydrogens (tertiary/aromatic N) is 3. The molecule has 4 rings (SSSR count). The second kappa shape index (κ2) is 6.93. The Bertz CT molecular complexity index is 1000. The minimum atomic E-state index is -0.0870. The zero-order valence-electron chi connectivity index (χ0n) is 13.9. The molecule has 3 aromatic heterocycles. The molecular formula is C18H18N4OS2. The van der Waals surface area contributed by atoms with Gasteiger partial charge in [0.1, 0.15) is 0 Å². The number of amides is 1. The lowest BCUT2D eigenvalue weighted by atomic mass is 10.1. The molecule has 0 aliphatic rings. The predicted octanol–water partition coefficient (Wildman–Crippen LogP) is 4.53. The van der Waals surface area contributed by atoms with Gasteiger partial charge in [0, 0.05) is 17.8 Å². The van der Waals surface area contributed by atoms with Gasteiger partial charge in [-0.05, 0) is 30.5 Å². The van der Waals surface area contributed by atoms with Crippen LogP contribution < -0.4 is 5.32 Å². The van der Waals surface area contributed by atoms with E-state index in [2.05, 4.69) is 34.3 Å². The summed E-state index contributed by atoms with van der Waals surface area (Å²) < 4.78 is 3.05. The molecule has 0 aliphatic carbocycles. The first-order valence-electron chi connectivity index (χ1n) is 8.31. The molecule has 0 atom stereocenters. The first-order valence-corrected chi connectivity index (χ1v) is 10.0. The van der Waals surface area contributed by atoms with Gasteiger partial charge in [0.2, 0.25) is 5.91 Å². The van der Waals surface area contributed by atoms with Crippen LogP contribution in [0.4, 0.5) is 5.13 Å². The normalized spacial score (nSPS) is 11.4. The molecule has 0 unspecified atom stereocenters. The molecule has 0 spiro atoms. The highest BCUT2D eigenvalue weighted by Gasteiger charge is 2.11. The molecule has 3 heterocycles. The van der Waals surface area contributed by atoms with Crippen LogP contribution in [0.15, 0.2) is 36.0 Å². The van der Waals surface area contributed by atoms with Gasteiger partial charge in [0.05, 0.1) is 22.3 Å². The predicted molar refractivity (Wildman–Crippen MR) is 104 cm³/mol.